The van der Waals surface area contributed by atoms with Crippen LogP contribution in [-0.4, -0.2) is 54.7 Å². The van der Waals surface area contributed by atoms with Crippen molar-refractivity contribution in [3.63, 3.8) is 0 Å². The van der Waals surface area contributed by atoms with Crippen LogP contribution in [0.3, 0.4) is 0 Å². The molecule has 0 atom stereocenters. The van der Waals surface area contributed by atoms with Gasteiger partial charge in [-0.1, -0.05) is 0 Å². The second-order valence-electron chi connectivity index (χ2n) is 6.27. The Balaban J connectivity index is 1.57. The number of carbonyl (C=O) groups is 1. The minimum absolute atomic E-state index is 0.330. The van der Waals surface area contributed by atoms with Crippen LogP contribution in [-0.2, 0) is 4.79 Å². The molecule has 0 bridgehead atoms. The molecule has 4 heterocycles. The molecule has 3 aromatic heterocycles. The van der Waals surface area contributed by atoms with Crippen LogP contribution in [0.2, 0.25) is 0 Å². The van der Waals surface area contributed by atoms with Crippen LogP contribution in [0.15, 0.2) is 31.0 Å². The number of aliphatic carboxylic acids is 1. The normalized spacial score (nSPS) is 16.6. The van der Waals surface area contributed by atoms with Gasteiger partial charge >= 0.3 is 5.97 Å². The monoisotopic (exact) mass is 354 g/mol. The topological polar surface area (TPSA) is 117 Å². The van der Waals surface area contributed by atoms with Gasteiger partial charge in [0.1, 0.15) is 17.6 Å². The number of pyridine rings is 1. The highest BCUT2D eigenvalue weighted by molar-refractivity contribution is 5.83. The zero-order valence-electron chi connectivity index (χ0n) is 14.2. The fraction of sp³-hybridized carbons (Fsp3) is 0.353. The SMILES string of the molecule is Cc1ncccc1OC1(C(=O)O)CCN(c2ncnc3nc[nH]c23)CC1. The minimum Gasteiger partial charge on any atom is -0.478 e. The Hall–Kier alpha value is -3.23. The summed E-state index contributed by atoms with van der Waals surface area (Å²) < 4.78 is 5.95. The highest BCUT2D eigenvalue weighted by Gasteiger charge is 2.45. The number of rotatable bonds is 4. The number of aryl methyl sites for hydroxylation is 1. The summed E-state index contributed by atoms with van der Waals surface area (Å²) in [4.78, 5) is 33.8. The molecule has 1 saturated heterocycles. The molecule has 0 aromatic carbocycles. The first-order valence-electron chi connectivity index (χ1n) is 8.32. The molecule has 3 aromatic rings. The lowest BCUT2D eigenvalue weighted by Crippen LogP contribution is -2.53. The minimum atomic E-state index is -1.27. The lowest BCUT2D eigenvalue weighted by atomic mass is 9.91. The number of hydrogen-bond donors (Lipinski definition) is 2. The average Bonchev–Trinajstić information content (AvgIpc) is 3.13. The summed E-state index contributed by atoms with van der Waals surface area (Å²) in [7, 11) is 0. The van der Waals surface area contributed by atoms with E-state index in [1.165, 1.54) is 6.33 Å². The number of carboxylic acid groups (broad SMARTS) is 1. The van der Waals surface area contributed by atoms with Crippen LogP contribution in [0.5, 0.6) is 5.75 Å². The molecule has 2 N–H and O–H groups in total. The summed E-state index contributed by atoms with van der Waals surface area (Å²) in [6.07, 6.45) is 5.35. The number of piperidine rings is 1. The molecule has 134 valence electrons. The van der Waals surface area contributed by atoms with Crippen LogP contribution in [0.25, 0.3) is 11.2 Å². The van der Waals surface area contributed by atoms with Gasteiger partial charge in [0.2, 0.25) is 5.60 Å². The number of anilines is 1. The summed E-state index contributed by atoms with van der Waals surface area (Å²) in [5, 5.41) is 9.83. The van der Waals surface area contributed by atoms with E-state index in [9.17, 15) is 9.90 Å². The summed E-state index contributed by atoms with van der Waals surface area (Å²) >= 11 is 0. The maximum Gasteiger partial charge on any atom is 0.348 e. The van der Waals surface area contributed by atoms with Crippen molar-refractivity contribution in [1.29, 1.82) is 0 Å². The molecule has 0 aliphatic carbocycles. The van der Waals surface area contributed by atoms with Gasteiger partial charge in [0.15, 0.2) is 11.5 Å². The molecule has 0 unspecified atom stereocenters. The number of ether oxygens (including phenoxy) is 1. The molecule has 0 amide bonds. The van der Waals surface area contributed by atoms with Gasteiger partial charge in [-0.2, -0.15) is 0 Å². The van der Waals surface area contributed by atoms with Crippen molar-refractivity contribution in [2.75, 3.05) is 18.0 Å². The number of H-pyrrole nitrogens is 1. The van der Waals surface area contributed by atoms with E-state index >= 15 is 0 Å². The highest BCUT2D eigenvalue weighted by atomic mass is 16.5. The summed E-state index contributed by atoms with van der Waals surface area (Å²) in [5.41, 5.74) is 0.738. The number of imidazole rings is 1. The quantitative estimate of drug-likeness (QED) is 0.725. The molecule has 1 fully saturated rings. The molecule has 1 aliphatic heterocycles. The first-order valence-corrected chi connectivity index (χ1v) is 8.32. The lowest BCUT2D eigenvalue weighted by molar-refractivity contribution is -0.157. The maximum absolute atomic E-state index is 12.0. The Morgan fingerprint density at radius 3 is 2.81 bits per heavy atom. The molecule has 0 saturated carbocycles. The van der Waals surface area contributed by atoms with E-state index in [4.69, 9.17) is 4.74 Å². The van der Waals surface area contributed by atoms with Crippen molar-refractivity contribution in [3.8, 4) is 5.75 Å². The zero-order valence-corrected chi connectivity index (χ0v) is 14.2. The van der Waals surface area contributed by atoms with E-state index in [0.717, 1.165) is 11.3 Å². The van der Waals surface area contributed by atoms with Crippen LogP contribution < -0.4 is 9.64 Å². The third kappa shape index (κ3) is 2.71. The molecular weight excluding hydrogens is 336 g/mol. The van der Waals surface area contributed by atoms with Crippen molar-refractivity contribution in [2.45, 2.75) is 25.4 Å². The predicted octanol–water partition coefficient (Wildman–Crippen LogP) is 1.56. The number of carboxylic acids is 1. The number of hydrogen-bond acceptors (Lipinski definition) is 7. The summed E-state index contributed by atoms with van der Waals surface area (Å²) in [6.45, 7) is 2.80. The second-order valence-corrected chi connectivity index (χ2v) is 6.27. The predicted molar refractivity (Wildman–Crippen MR) is 93.1 cm³/mol. The average molecular weight is 354 g/mol. The number of nitrogens with zero attached hydrogens (tertiary/aromatic N) is 5. The first-order chi connectivity index (χ1) is 12.6. The molecule has 4 rings (SSSR count). The van der Waals surface area contributed by atoms with Gasteiger partial charge in [-0.05, 0) is 19.1 Å². The van der Waals surface area contributed by atoms with E-state index in [0.29, 0.717) is 43.0 Å². The summed E-state index contributed by atoms with van der Waals surface area (Å²) in [6, 6.07) is 3.49. The van der Waals surface area contributed by atoms with E-state index in [-0.39, 0.29) is 0 Å². The number of fused-ring (bicyclic) bond motifs is 1. The van der Waals surface area contributed by atoms with Crippen LogP contribution in [0.1, 0.15) is 18.5 Å². The van der Waals surface area contributed by atoms with Gasteiger partial charge in [-0.15, -0.1) is 0 Å². The zero-order chi connectivity index (χ0) is 18.1. The van der Waals surface area contributed by atoms with Crippen molar-refractivity contribution in [3.05, 3.63) is 36.7 Å². The van der Waals surface area contributed by atoms with Gasteiger partial charge in [0.05, 0.1) is 12.0 Å². The van der Waals surface area contributed by atoms with Gasteiger partial charge in [-0.25, -0.2) is 19.7 Å². The summed E-state index contributed by atoms with van der Waals surface area (Å²) in [5.74, 6) is 0.264. The standard InChI is InChI=1S/C17H18N6O3/c1-11-12(3-2-6-18-11)26-17(16(24)25)4-7-23(8-5-17)15-13-14(20-9-19-13)21-10-22-15/h2-3,6,9-10H,4-5,7-8H2,1H3,(H,24,25)(H,19,20,21,22). The fourth-order valence-electron chi connectivity index (χ4n) is 3.22. The molecule has 9 heteroatoms. The van der Waals surface area contributed by atoms with Crippen molar-refractivity contribution in [1.82, 2.24) is 24.9 Å². The van der Waals surface area contributed by atoms with E-state index in [2.05, 4.69) is 24.9 Å². The Bertz CT molecular complexity index is 948. The van der Waals surface area contributed by atoms with Crippen molar-refractivity contribution < 1.29 is 14.6 Å². The number of aromatic amines is 1. The lowest BCUT2D eigenvalue weighted by Gasteiger charge is -2.39. The van der Waals surface area contributed by atoms with E-state index < -0.39 is 11.6 Å². The van der Waals surface area contributed by atoms with Gasteiger partial charge in [0, 0.05) is 32.1 Å². The van der Waals surface area contributed by atoms with Crippen molar-refractivity contribution >= 4 is 23.0 Å². The van der Waals surface area contributed by atoms with Gasteiger partial charge in [-0.3, -0.25) is 4.98 Å². The molecule has 0 radical (unpaired) electrons. The van der Waals surface area contributed by atoms with Gasteiger partial charge in [0.25, 0.3) is 0 Å². The van der Waals surface area contributed by atoms with Gasteiger partial charge < -0.3 is 19.7 Å². The third-order valence-corrected chi connectivity index (χ3v) is 4.73. The van der Waals surface area contributed by atoms with Crippen molar-refractivity contribution in [2.24, 2.45) is 0 Å². The third-order valence-electron chi connectivity index (χ3n) is 4.73. The molecule has 26 heavy (non-hydrogen) atoms. The smallest absolute Gasteiger partial charge is 0.348 e. The van der Waals surface area contributed by atoms with E-state index in [1.54, 1.807) is 31.6 Å². The highest BCUT2D eigenvalue weighted by Crippen LogP contribution is 2.33. The maximum atomic E-state index is 12.0. The van der Waals surface area contributed by atoms with E-state index in [1.807, 2.05) is 4.90 Å². The van der Waals surface area contributed by atoms with Crippen LogP contribution in [0.4, 0.5) is 5.82 Å². The Morgan fingerprint density at radius 2 is 2.08 bits per heavy atom. The number of aromatic nitrogens is 5. The number of nitrogens with one attached hydrogen (secondary N) is 1. The fourth-order valence-corrected chi connectivity index (χ4v) is 3.22. The van der Waals surface area contributed by atoms with Crippen LogP contribution >= 0.6 is 0 Å². The molecule has 9 nitrogen and oxygen atoms in total. The molecular formula is C17H18N6O3. The Kier molecular flexibility index (Phi) is 3.90. The molecule has 1 aliphatic rings. The second kappa shape index (κ2) is 6.25. The molecule has 0 spiro atoms. The first kappa shape index (κ1) is 16.2. The Morgan fingerprint density at radius 1 is 1.27 bits per heavy atom. The van der Waals surface area contributed by atoms with Crippen LogP contribution in [0, 0.1) is 6.92 Å². The largest absolute Gasteiger partial charge is 0.478 e. The Labute approximate surface area is 149 Å².